The maximum atomic E-state index is 11.9. The molecule has 2 saturated heterocycles. The molecule has 3 N–H and O–H groups in total. The van der Waals surface area contributed by atoms with Crippen LogP contribution in [0.25, 0.3) is 0 Å². The lowest BCUT2D eigenvalue weighted by molar-refractivity contribution is 0.0600. The van der Waals surface area contributed by atoms with Gasteiger partial charge in [-0.3, -0.25) is 0 Å². The van der Waals surface area contributed by atoms with E-state index in [1.807, 2.05) is 0 Å². The summed E-state index contributed by atoms with van der Waals surface area (Å²) >= 11 is 0. The zero-order valence-corrected chi connectivity index (χ0v) is 11.5. The predicted molar refractivity (Wildman–Crippen MR) is 74.5 cm³/mol. The molecule has 3 heterocycles. The number of hydrogen-bond donors (Lipinski definition) is 2. The van der Waals surface area contributed by atoms with Gasteiger partial charge < -0.3 is 20.5 Å². The Hall–Kier alpha value is -1.82. The number of fused-ring (bicyclic) bond motifs is 2. The summed E-state index contributed by atoms with van der Waals surface area (Å²) in [6.45, 7) is 0. The number of rotatable bonds is 2. The molecule has 0 spiro atoms. The molecule has 0 radical (unpaired) electrons. The minimum absolute atomic E-state index is 0.239. The maximum Gasteiger partial charge on any atom is 0.341 e. The predicted octanol–water partition coefficient (Wildman–Crippen LogP) is 0.943. The van der Waals surface area contributed by atoms with Gasteiger partial charge in [-0.2, -0.15) is 0 Å². The van der Waals surface area contributed by atoms with Gasteiger partial charge in [0.05, 0.1) is 25.1 Å². The second-order valence-corrected chi connectivity index (χ2v) is 5.55. The van der Waals surface area contributed by atoms with Crippen LogP contribution in [0.1, 0.15) is 36.0 Å². The van der Waals surface area contributed by atoms with Gasteiger partial charge in [0.25, 0.3) is 0 Å². The highest BCUT2D eigenvalue weighted by molar-refractivity contribution is 5.95. The van der Waals surface area contributed by atoms with Gasteiger partial charge in [0.1, 0.15) is 11.4 Å². The quantitative estimate of drug-likeness (QED) is 0.782. The Labute approximate surface area is 117 Å². The molecule has 0 amide bonds. The molecule has 20 heavy (non-hydrogen) atoms. The molecule has 2 unspecified atom stereocenters. The Bertz CT molecular complexity index is 520. The first-order valence-corrected chi connectivity index (χ1v) is 6.90. The summed E-state index contributed by atoms with van der Waals surface area (Å²) in [7, 11) is 1.35. The van der Waals surface area contributed by atoms with Crippen molar-refractivity contribution in [2.75, 3.05) is 17.7 Å². The lowest BCUT2D eigenvalue weighted by atomic mass is 9.99. The summed E-state index contributed by atoms with van der Waals surface area (Å²) in [5.74, 6) is 0.204. The van der Waals surface area contributed by atoms with Gasteiger partial charge in [0.2, 0.25) is 0 Å². The fourth-order valence-corrected chi connectivity index (χ4v) is 3.43. The Morgan fingerprint density at radius 3 is 2.70 bits per heavy atom. The van der Waals surface area contributed by atoms with Crippen LogP contribution in [0, 0.1) is 0 Å². The zero-order valence-electron chi connectivity index (χ0n) is 11.5. The largest absolute Gasteiger partial charge is 0.465 e. The lowest BCUT2D eigenvalue weighted by Gasteiger charge is -2.38. The Morgan fingerprint density at radius 1 is 1.45 bits per heavy atom. The Kier molecular flexibility index (Phi) is 3.25. The Balaban J connectivity index is 2.00. The van der Waals surface area contributed by atoms with E-state index >= 15 is 0 Å². The highest BCUT2D eigenvalue weighted by atomic mass is 16.5. The van der Waals surface area contributed by atoms with Crippen molar-refractivity contribution in [2.45, 2.75) is 43.9 Å². The maximum absolute atomic E-state index is 11.9. The van der Waals surface area contributed by atoms with Crippen molar-refractivity contribution in [3.63, 3.8) is 0 Å². The molecule has 2 bridgehead atoms. The van der Waals surface area contributed by atoms with Crippen LogP contribution in [0.3, 0.4) is 0 Å². The van der Waals surface area contributed by atoms with Crippen LogP contribution < -0.4 is 10.6 Å². The number of nitrogens with two attached hydrogens (primary N) is 1. The number of carbonyl (C=O) groups excluding carboxylic acids is 1. The topological polar surface area (TPSA) is 88.7 Å². The number of methoxy groups -OCH3 is 1. The van der Waals surface area contributed by atoms with Crippen LogP contribution in [-0.2, 0) is 4.74 Å². The standard InChI is InChI=1S/C14H19N3O3/c1-20-14(19)12-4-8(15)7-16-13(12)17-9-2-3-10(17)6-11(18)5-9/h4,7,9-11,18H,2-3,5-6,15H2,1H3. The number of carbonyl (C=O) groups is 1. The second-order valence-electron chi connectivity index (χ2n) is 5.55. The van der Waals surface area contributed by atoms with Crippen LogP contribution >= 0.6 is 0 Å². The minimum atomic E-state index is -0.426. The number of anilines is 2. The molecular formula is C14H19N3O3. The third-order valence-electron chi connectivity index (χ3n) is 4.25. The van der Waals surface area contributed by atoms with Gasteiger partial charge in [-0.1, -0.05) is 0 Å². The van der Waals surface area contributed by atoms with E-state index in [9.17, 15) is 9.90 Å². The van der Waals surface area contributed by atoms with Crippen LogP contribution in [0.4, 0.5) is 11.5 Å². The van der Waals surface area contributed by atoms with Crippen molar-refractivity contribution < 1.29 is 14.6 Å². The summed E-state index contributed by atoms with van der Waals surface area (Å²) in [5.41, 5.74) is 6.57. The number of nitrogen functional groups attached to an aromatic ring is 1. The molecule has 1 aromatic rings. The number of pyridine rings is 1. The van der Waals surface area contributed by atoms with Crippen molar-refractivity contribution >= 4 is 17.5 Å². The summed E-state index contributed by atoms with van der Waals surface area (Å²) in [4.78, 5) is 18.5. The number of esters is 1. The van der Waals surface area contributed by atoms with Crippen LogP contribution in [0.5, 0.6) is 0 Å². The van der Waals surface area contributed by atoms with E-state index in [2.05, 4.69) is 9.88 Å². The van der Waals surface area contributed by atoms with E-state index in [1.54, 1.807) is 12.3 Å². The fraction of sp³-hybridized carbons (Fsp3) is 0.571. The fourth-order valence-electron chi connectivity index (χ4n) is 3.43. The van der Waals surface area contributed by atoms with E-state index < -0.39 is 5.97 Å². The molecule has 0 aliphatic carbocycles. The van der Waals surface area contributed by atoms with Crippen molar-refractivity contribution in [3.05, 3.63) is 17.8 Å². The third kappa shape index (κ3) is 2.10. The first kappa shape index (κ1) is 13.2. The summed E-state index contributed by atoms with van der Waals surface area (Å²) in [5, 5.41) is 9.86. The highest BCUT2D eigenvalue weighted by Crippen LogP contribution is 2.40. The van der Waals surface area contributed by atoms with Crippen molar-refractivity contribution in [1.29, 1.82) is 0 Å². The number of hydrogen-bond acceptors (Lipinski definition) is 6. The van der Waals surface area contributed by atoms with Gasteiger partial charge >= 0.3 is 5.97 Å². The summed E-state index contributed by atoms with van der Waals surface area (Å²) < 4.78 is 4.82. The molecule has 3 rings (SSSR count). The molecule has 2 aliphatic heterocycles. The molecule has 0 saturated carbocycles. The molecule has 1 aromatic heterocycles. The van der Waals surface area contributed by atoms with Gasteiger partial charge in [-0.15, -0.1) is 0 Å². The van der Waals surface area contributed by atoms with E-state index in [1.165, 1.54) is 7.11 Å². The van der Waals surface area contributed by atoms with E-state index in [0.29, 0.717) is 17.1 Å². The number of aliphatic hydroxyl groups excluding tert-OH is 1. The van der Waals surface area contributed by atoms with Gasteiger partial charge in [-0.25, -0.2) is 9.78 Å². The van der Waals surface area contributed by atoms with Crippen LogP contribution in [0.2, 0.25) is 0 Å². The Morgan fingerprint density at radius 2 is 2.10 bits per heavy atom. The summed E-state index contributed by atoms with van der Waals surface area (Å²) in [6, 6.07) is 2.09. The van der Waals surface area contributed by atoms with Crippen molar-refractivity contribution in [2.24, 2.45) is 0 Å². The van der Waals surface area contributed by atoms with E-state index in [4.69, 9.17) is 10.5 Å². The SMILES string of the molecule is COC(=O)c1cc(N)cnc1N1C2CCC1CC(O)C2. The third-order valence-corrected chi connectivity index (χ3v) is 4.25. The first-order chi connectivity index (χ1) is 9.60. The van der Waals surface area contributed by atoms with Gasteiger partial charge in [0, 0.05) is 12.1 Å². The molecule has 6 nitrogen and oxygen atoms in total. The number of ether oxygens (including phenoxy) is 1. The normalized spacial score (nSPS) is 28.5. The first-order valence-electron chi connectivity index (χ1n) is 6.90. The second kappa shape index (κ2) is 4.94. The van der Waals surface area contributed by atoms with Crippen LogP contribution in [0.15, 0.2) is 12.3 Å². The molecule has 108 valence electrons. The van der Waals surface area contributed by atoms with E-state index in [0.717, 1.165) is 25.7 Å². The molecule has 0 aromatic carbocycles. The highest BCUT2D eigenvalue weighted by Gasteiger charge is 2.42. The lowest BCUT2D eigenvalue weighted by Crippen LogP contribution is -2.45. The van der Waals surface area contributed by atoms with E-state index in [-0.39, 0.29) is 18.2 Å². The van der Waals surface area contributed by atoms with Gasteiger partial charge in [-0.05, 0) is 31.7 Å². The van der Waals surface area contributed by atoms with Crippen molar-refractivity contribution in [3.8, 4) is 0 Å². The minimum Gasteiger partial charge on any atom is -0.465 e. The number of aromatic nitrogens is 1. The smallest absolute Gasteiger partial charge is 0.341 e. The average Bonchev–Trinajstić information content (AvgIpc) is 2.70. The van der Waals surface area contributed by atoms with Crippen LogP contribution in [-0.4, -0.2) is 41.4 Å². The van der Waals surface area contributed by atoms with Crippen molar-refractivity contribution in [1.82, 2.24) is 4.98 Å². The zero-order chi connectivity index (χ0) is 14.3. The summed E-state index contributed by atoms with van der Waals surface area (Å²) in [6.07, 6.45) is 4.81. The molecule has 6 heteroatoms. The monoisotopic (exact) mass is 277 g/mol. The number of piperidine rings is 1. The molecule has 2 atom stereocenters. The molecular weight excluding hydrogens is 258 g/mol. The number of nitrogens with zero attached hydrogens (tertiary/aromatic N) is 2. The molecule has 2 aliphatic rings. The molecule has 2 fully saturated rings. The number of aliphatic hydroxyl groups is 1. The average molecular weight is 277 g/mol. The van der Waals surface area contributed by atoms with Gasteiger partial charge in [0.15, 0.2) is 0 Å².